The first kappa shape index (κ1) is 11.3. The molecule has 1 atom stereocenters. The zero-order valence-corrected chi connectivity index (χ0v) is 11.4. The summed E-state index contributed by atoms with van der Waals surface area (Å²) in [6.07, 6.45) is 4.94. The Morgan fingerprint density at radius 3 is 3.12 bits per heavy atom. The largest absolute Gasteiger partial charge is 0.336 e. The van der Waals surface area contributed by atoms with Crippen molar-refractivity contribution in [1.82, 2.24) is 9.55 Å². The maximum absolute atomic E-state index is 6.29. The fourth-order valence-corrected chi connectivity index (χ4v) is 4.50. The average molecular weight is 265 g/mol. The third-order valence-electron chi connectivity index (χ3n) is 3.09. The standard InChI is InChI=1S/C12H15N3S2/c1-15-4-3-14-12(15)11(13)10-6-8-7-16-5-2-9(8)17-10/h3-4,6,11H,2,5,7,13H2,1H3. The van der Waals surface area contributed by atoms with E-state index in [0.29, 0.717) is 0 Å². The number of nitrogens with two attached hydrogens (primary N) is 1. The zero-order valence-electron chi connectivity index (χ0n) is 9.72. The van der Waals surface area contributed by atoms with Crippen molar-refractivity contribution in [1.29, 1.82) is 0 Å². The van der Waals surface area contributed by atoms with Crippen molar-refractivity contribution in [3.63, 3.8) is 0 Å². The predicted octanol–water partition coefficient (Wildman–Crippen LogP) is 2.32. The van der Waals surface area contributed by atoms with E-state index >= 15 is 0 Å². The molecule has 0 aliphatic carbocycles. The Labute approximate surface area is 109 Å². The van der Waals surface area contributed by atoms with Gasteiger partial charge in [0.25, 0.3) is 0 Å². The summed E-state index contributed by atoms with van der Waals surface area (Å²) >= 11 is 3.87. The number of thiophene rings is 1. The molecular formula is C12H15N3S2. The molecule has 0 spiro atoms. The van der Waals surface area contributed by atoms with E-state index in [-0.39, 0.29) is 6.04 Å². The van der Waals surface area contributed by atoms with Crippen LogP contribution in [-0.2, 0) is 19.2 Å². The number of hydrogen-bond donors (Lipinski definition) is 1. The molecule has 17 heavy (non-hydrogen) atoms. The van der Waals surface area contributed by atoms with Gasteiger partial charge in [-0.05, 0) is 23.8 Å². The Bertz CT molecular complexity index is 506. The van der Waals surface area contributed by atoms with Gasteiger partial charge in [-0.3, -0.25) is 0 Å². The van der Waals surface area contributed by atoms with Crippen molar-refractivity contribution >= 4 is 23.1 Å². The van der Waals surface area contributed by atoms with E-state index in [2.05, 4.69) is 11.1 Å². The molecular weight excluding hydrogens is 250 g/mol. The molecule has 3 heterocycles. The molecule has 0 fully saturated rings. The molecule has 3 nitrogen and oxygen atoms in total. The number of fused-ring (bicyclic) bond motifs is 1. The second-order valence-electron chi connectivity index (χ2n) is 4.27. The van der Waals surface area contributed by atoms with Crippen molar-refractivity contribution in [2.75, 3.05) is 5.75 Å². The van der Waals surface area contributed by atoms with Gasteiger partial charge in [0.1, 0.15) is 5.82 Å². The highest BCUT2D eigenvalue weighted by atomic mass is 32.2. The summed E-state index contributed by atoms with van der Waals surface area (Å²) in [5.74, 6) is 3.32. The molecule has 1 aliphatic rings. The quantitative estimate of drug-likeness (QED) is 0.906. The molecule has 0 radical (unpaired) electrons. The van der Waals surface area contributed by atoms with E-state index in [1.807, 2.05) is 40.9 Å². The number of aryl methyl sites for hydroxylation is 2. The number of imidazole rings is 1. The maximum Gasteiger partial charge on any atom is 0.130 e. The molecule has 0 amide bonds. The van der Waals surface area contributed by atoms with Gasteiger partial charge in [0.05, 0.1) is 6.04 Å². The Kier molecular flexibility index (Phi) is 2.98. The van der Waals surface area contributed by atoms with Crippen LogP contribution in [0.5, 0.6) is 0 Å². The second-order valence-corrected chi connectivity index (χ2v) is 6.55. The number of thioether (sulfide) groups is 1. The van der Waals surface area contributed by atoms with Gasteiger partial charge in [0.2, 0.25) is 0 Å². The molecule has 0 aromatic carbocycles. The first-order valence-corrected chi connectivity index (χ1v) is 7.65. The van der Waals surface area contributed by atoms with Crippen molar-refractivity contribution in [3.05, 3.63) is 39.6 Å². The predicted molar refractivity (Wildman–Crippen MR) is 73.4 cm³/mol. The summed E-state index contributed by atoms with van der Waals surface area (Å²) in [6, 6.07) is 2.18. The number of aromatic nitrogens is 2. The van der Waals surface area contributed by atoms with Crippen LogP contribution in [0.1, 0.15) is 27.2 Å². The van der Waals surface area contributed by atoms with Crippen molar-refractivity contribution in [3.8, 4) is 0 Å². The van der Waals surface area contributed by atoms with Crippen LogP contribution in [0.15, 0.2) is 18.5 Å². The van der Waals surface area contributed by atoms with Crippen LogP contribution in [0.2, 0.25) is 0 Å². The van der Waals surface area contributed by atoms with E-state index in [1.165, 1.54) is 27.5 Å². The molecule has 0 bridgehead atoms. The molecule has 5 heteroatoms. The smallest absolute Gasteiger partial charge is 0.130 e. The minimum absolute atomic E-state index is 0.0874. The normalized spacial score (nSPS) is 16.8. The van der Waals surface area contributed by atoms with Crippen molar-refractivity contribution < 1.29 is 0 Å². The van der Waals surface area contributed by atoms with Crippen LogP contribution in [0.3, 0.4) is 0 Å². The summed E-state index contributed by atoms with van der Waals surface area (Å²) in [7, 11) is 1.99. The molecule has 90 valence electrons. The van der Waals surface area contributed by atoms with Crippen molar-refractivity contribution in [2.45, 2.75) is 18.2 Å². The van der Waals surface area contributed by atoms with Gasteiger partial charge < -0.3 is 10.3 Å². The average Bonchev–Trinajstić information content (AvgIpc) is 2.93. The zero-order chi connectivity index (χ0) is 11.8. The maximum atomic E-state index is 6.29. The fourth-order valence-electron chi connectivity index (χ4n) is 2.13. The topological polar surface area (TPSA) is 43.8 Å². The van der Waals surface area contributed by atoms with E-state index in [9.17, 15) is 0 Å². The lowest BCUT2D eigenvalue weighted by Gasteiger charge is -2.09. The lowest BCUT2D eigenvalue weighted by Crippen LogP contribution is -2.15. The Balaban J connectivity index is 1.94. The number of hydrogen-bond acceptors (Lipinski definition) is 4. The molecule has 3 rings (SSSR count). The van der Waals surface area contributed by atoms with Crippen LogP contribution >= 0.6 is 23.1 Å². The molecule has 0 saturated heterocycles. The van der Waals surface area contributed by atoms with Gasteiger partial charge in [-0.25, -0.2) is 4.98 Å². The summed E-state index contributed by atoms with van der Waals surface area (Å²) in [6.45, 7) is 0. The summed E-state index contributed by atoms with van der Waals surface area (Å²) in [4.78, 5) is 7.10. The van der Waals surface area contributed by atoms with E-state index in [1.54, 1.807) is 6.20 Å². The number of rotatable bonds is 2. The third kappa shape index (κ3) is 2.03. The summed E-state index contributed by atoms with van der Waals surface area (Å²) in [5.41, 5.74) is 7.77. The van der Waals surface area contributed by atoms with Gasteiger partial charge in [-0.1, -0.05) is 0 Å². The first-order valence-electron chi connectivity index (χ1n) is 5.67. The van der Waals surface area contributed by atoms with Gasteiger partial charge in [0, 0.05) is 34.9 Å². The van der Waals surface area contributed by atoms with E-state index in [4.69, 9.17) is 5.73 Å². The molecule has 2 N–H and O–H groups in total. The van der Waals surface area contributed by atoms with E-state index in [0.717, 1.165) is 11.6 Å². The monoisotopic (exact) mass is 265 g/mol. The highest BCUT2D eigenvalue weighted by molar-refractivity contribution is 7.98. The van der Waals surface area contributed by atoms with Gasteiger partial charge in [-0.15, -0.1) is 11.3 Å². The molecule has 1 unspecified atom stereocenters. The Morgan fingerprint density at radius 2 is 2.41 bits per heavy atom. The van der Waals surface area contributed by atoms with Gasteiger partial charge in [0.15, 0.2) is 0 Å². The van der Waals surface area contributed by atoms with E-state index < -0.39 is 0 Å². The molecule has 2 aromatic rings. The Hall–Kier alpha value is -0.780. The number of nitrogens with zero attached hydrogens (tertiary/aromatic N) is 2. The van der Waals surface area contributed by atoms with Crippen LogP contribution in [0.4, 0.5) is 0 Å². The highest BCUT2D eigenvalue weighted by Crippen LogP contribution is 2.35. The second kappa shape index (κ2) is 4.48. The van der Waals surface area contributed by atoms with Crippen LogP contribution in [-0.4, -0.2) is 15.3 Å². The minimum Gasteiger partial charge on any atom is -0.336 e. The fraction of sp³-hybridized carbons (Fsp3) is 0.417. The highest BCUT2D eigenvalue weighted by Gasteiger charge is 2.20. The summed E-state index contributed by atoms with van der Waals surface area (Å²) < 4.78 is 2.00. The van der Waals surface area contributed by atoms with Crippen molar-refractivity contribution in [2.24, 2.45) is 12.8 Å². The van der Waals surface area contributed by atoms with Gasteiger partial charge >= 0.3 is 0 Å². The van der Waals surface area contributed by atoms with Crippen LogP contribution in [0.25, 0.3) is 0 Å². The first-order chi connectivity index (χ1) is 8.25. The van der Waals surface area contributed by atoms with Crippen LogP contribution in [0, 0.1) is 0 Å². The Morgan fingerprint density at radius 1 is 1.53 bits per heavy atom. The minimum atomic E-state index is -0.0874. The molecule has 0 saturated carbocycles. The third-order valence-corrected chi connectivity index (χ3v) is 5.42. The van der Waals surface area contributed by atoms with Gasteiger partial charge in [-0.2, -0.15) is 11.8 Å². The summed E-state index contributed by atoms with van der Waals surface area (Å²) in [5, 5.41) is 0. The lowest BCUT2D eigenvalue weighted by molar-refractivity contribution is 0.725. The lowest BCUT2D eigenvalue weighted by atomic mass is 10.2. The SMILES string of the molecule is Cn1ccnc1C(N)c1cc2c(s1)CCSC2. The van der Waals surface area contributed by atoms with Crippen LogP contribution < -0.4 is 5.73 Å². The molecule has 1 aliphatic heterocycles. The molecule has 2 aromatic heterocycles.